The van der Waals surface area contributed by atoms with E-state index >= 15 is 0 Å². The van der Waals surface area contributed by atoms with Gasteiger partial charge in [-0.15, -0.1) is 0 Å². The summed E-state index contributed by atoms with van der Waals surface area (Å²) in [7, 11) is 0. The smallest absolute Gasteiger partial charge is 0.291 e. The van der Waals surface area contributed by atoms with Crippen LogP contribution >= 0.6 is 0 Å². The lowest BCUT2D eigenvalue weighted by Crippen LogP contribution is -2.10. The molecule has 0 bridgehead atoms. The number of nitrogens with zero attached hydrogens (tertiary/aromatic N) is 2. The number of furan rings is 1. The number of amides is 1. The Morgan fingerprint density at radius 3 is 2.70 bits per heavy atom. The zero-order chi connectivity index (χ0) is 15.6. The summed E-state index contributed by atoms with van der Waals surface area (Å²) in [6.07, 6.45) is 4.77. The second-order valence-corrected chi connectivity index (χ2v) is 4.87. The number of fused-ring (bicyclic) bond motifs is 1. The standard InChI is InChI=1S/C17H11N3O3/c21-16(15-2-1-9-22-15)19-12-5-3-11(4-6-12)17-20-13-10-18-8-7-14(13)23-17/h1-10H,(H,19,21). The number of carbonyl (C=O) groups excluding carboxylic acids is 1. The van der Waals surface area contributed by atoms with Gasteiger partial charge < -0.3 is 14.2 Å². The number of pyridine rings is 1. The monoisotopic (exact) mass is 305 g/mol. The van der Waals surface area contributed by atoms with Crippen LogP contribution in [0.1, 0.15) is 10.6 Å². The van der Waals surface area contributed by atoms with Crippen LogP contribution in [0.3, 0.4) is 0 Å². The van der Waals surface area contributed by atoms with Crippen molar-refractivity contribution in [2.24, 2.45) is 0 Å². The summed E-state index contributed by atoms with van der Waals surface area (Å²) in [4.78, 5) is 20.3. The zero-order valence-corrected chi connectivity index (χ0v) is 11.9. The Bertz CT molecular complexity index is 923. The van der Waals surface area contributed by atoms with Gasteiger partial charge in [0, 0.05) is 23.5 Å². The third kappa shape index (κ3) is 2.57. The minimum atomic E-state index is -0.296. The van der Waals surface area contributed by atoms with Crippen molar-refractivity contribution in [2.75, 3.05) is 5.32 Å². The molecular weight excluding hydrogens is 294 g/mol. The number of carbonyl (C=O) groups is 1. The summed E-state index contributed by atoms with van der Waals surface area (Å²) in [5.41, 5.74) is 2.87. The van der Waals surface area contributed by atoms with E-state index in [1.165, 1.54) is 6.26 Å². The van der Waals surface area contributed by atoms with E-state index in [1.807, 2.05) is 12.1 Å². The molecule has 23 heavy (non-hydrogen) atoms. The van der Waals surface area contributed by atoms with E-state index in [-0.39, 0.29) is 11.7 Å². The Kier molecular flexibility index (Phi) is 3.12. The highest BCUT2D eigenvalue weighted by Crippen LogP contribution is 2.24. The lowest BCUT2D eigenvalue weighted by atomic mass is 10.2. The van der Waals surface area contributed by atoms with Crippen LogP contribution in [0.2, 0.25) is 0 Å². The number of anilines is 1. The number of hydrogen-bond donors (Lipinski definition) is 1. The summed E-state index contributed by atoms with van der Waals surface area (Å²) in [6.45, 7) is 0. The molecule has 4 aromatic rings. The Hall–Kier alpha value is -3.41. The van der Waals surface area contributed by atoms with Gasteiger partial charge in [0.2, 0.25) is 5.89 Å². The molecule has 0 aliphatic heterocycles. The number of benzene rings is 1. The van der Waals surface area contributed by atoms with Crippen molar-refractivity contribution in [1.29, 1.82) is 0 Å². The summed E-state index contributed by atoms with van der Waals surface area (Å²) < 4.78 is 10.7. The van der Waals surface area contributed by atoms with E-state index in [1.54, 1.807) is 42.7 Å². The molecule has 1 N–H and O–H groups in total. The van der Waals surface area contributed by atoms with Gasteiger partial charge >= 0.3 is 0 Å². The zero-order valence-electron chi connectivity index (χ0n) is 11.9. The van der Waals surface area contributed by atoms with E-state index < -0.39 is 0 Å². The van der Waals surface area contributed by atoms with E-state index in [9.17, 15) is 4.79 Å². The molecule has 1 aromatic carbocycles. The van der Waals surface area contributed by atoms with E-state index in [2.05, 4.69) is 15.3 Å². The number of aromatic nitrogens is 2. The van der Waals surface area contributed by atoms with Crippen molar-refractivity contribution < 1.29 is 13.6 Å². The maximum Gasteiger partial charge on any atom is 0.291 e. The lowest BCUT2D eigenvalue weighted by Gasteiger charge is -2.03. The van der Waals surface area contributed by atoms with Crippen molar-refractivity contribution in [1.82, 2.24) is 9.97 Å². The van der Waals surface area contributed by atoms with Crippen LogP contribution in [0.15, 0.2) is 70.0 Å². The SMILES string of the molecule is O=C(Nc1ccc(-c2nc3cnccc3o2)cc1)c1ccco1. The molecule has 0 radical (unpaired) electrons. The van der Waals surface area contributed by atoms with Gasteiger partial charge in [-0.3, -0.25) is 9.78 Å². The average Bonchev–Trinajstić information content (AvgIpc) is 3.25. The second-order valence-electron chi connectivity index (χ2n) is 4.87. The highest BCUT2D eigenvalue weighted by Gasteiger charge is 2.10. The molecule has 6 heteroatoms. The van der Waals surface area contributed by atoms with Gasteiger partial charge in [0.1, 0.15) is 5.52 Å². The fraction of sp³-hybridized carbons (Fsp3) is 0. The van der Waals surface area contributed by atoms with Crippen LogP contribution in [0.4, 0.5) is 5.69 Å². The van der Waals surface area contributed by atoms with Gasteiger partial charge in [-0.1, -0.05) is 0 Å². The first kappa shape index (κ1) is 13.3. The first-order valence-electron chi connectivity index (χ1n) is 6.95. The summed E-state index contributed by atoms with van der Waals surface area (Å²) in [5, 5.41) is 2.76. The predicted molar refractivity (Wildman–Crippen MR) is 83.9 cm³/mol. The van der Waals surface area contributed by atoms with Crippen molar-refractivity contribution in [3.63, 3.8) is 0 Å². The predicted octanol–water partition coefficient (Wildman–Crippen LogP) is 3.74. The van der Waals surface area contributed by atoms with Crippen molar-refractivity contribution in [2.45, 2.75) is 0 Å². The van der Waals surface area contributed by atoms with Crippen LogP contribution in [0, 0.1) is 0 Å². The molecule has 0 fully saturated rings. The fourth-order valence-electron chi connectivity index (χ4n) is 2.20. The van der Waals surface area contributed by atoms with Gasteiger partial charge in [0.05, 0.1) is 12.5 Å². The third-order valence-electron chi connectivity index (χ3n) is 3.32. The van der Waals surface area contributed by atoms with Crippen LogP contribution in [0.5, 0.6) is 0 Å². The molecule has 0 aliphatic rings. The summed E-state index contributed by atoms with van der Waals surface area (Å²) in [6, 6.07) is 12.3. The molecule has 6 nitrogen and oxygen atoms in total. The molecule has 3 aromatic heterocycles. The maximum atomic E-state index is 11.9. The second kappa shape index (κ2) is 5.42. The van der Waals surface area contributed by atoms with Crippen LogP contribution in [-0.2, 0) is 0 Å². The van der Waals surface area contributed by atoms with Crippen molar-refractivity contribution in [3.8, 4) is 11.5 Å². The Morgan fingerprint density at radius 2 is 1.96 bits per heavy atom. The van der Waals surface area contributed by atoms with Gasteiger partial charge in [-0.05, 0) is 36.4 Å². The van der Waals surface area contributed by atoms with E-state index in [0.717, 1.165) is 5.56 Å². The van der Waals surface area contributed by atoms with Gasteiger partial charge in [-0.2, -0.15) is 0 Å². The van der Waals surface area contributed by atoms with Gasteiger partial charge in [0.15, 0.2) is 11.3 Å². The normalized spacial score (nSPS) is 10.8. The molecule has 0 spiro atoms. The number of nitrogens with one attached hydrogen (secondary N) is 1. The molecule has 112 valence electrons. The van der Waals surface area contributed by atoms with Gasteiger partial charge in [-0.25, -0.2) is 4.98 Å². The molecule has 0 unspecified atom stereocenters. The summed E-state index contributed by atoms with van der Waals surface area (Å²) in [5.74, 6) is 0.480. The lowest BCUT2D eigenvalue weighted by molar-refractivity contribution is 0.0996. The number of oxazole rings is 1. The molecule has 0 atom stereocenters. The third-order valence-corrected chi connectivity index (χ3v) is 3.32. The topological polar surface area (TPSA) is 81.2 Å². The maximum absolute atomic E-state index is 11.9. The molecule has 1 amide bonds. The van der Waals surface area contributed by atoms with Crippen LogP contribution in [-0.4, -0.2) is 15.9 Å². The van der Waals surface area contributed by atoms with E-state index in [4.69, 9.17) is 8.83 Å². The molecule has 0 aliphatic carbocycles. The minimum Gasteiger partial charge on any atom is -0.459 e. The first-order valence-corrected chi connectivity index (χ1v) is 6.95. The average molecular weight is 305 g/mol. The molecule has 4 rings (SSSR count). The molecule has 0 saturated heterocycles. The van der Waals surface area contributed by atoms with Crippen LogP contribution < -0.4 is 5.32 Å². The van der Waals surface area contributed by atoms with Gasteiger partial charge in [0.25, 0.3) is 5.91 Å². The van der Waals surface area contributed by atoms with Crippen molar-refractivity contribution in [3.05, 3.63) is 66.9 Å². The number of rotatable bonds is 3. The van der Waals surface area contributed by atoms with E-state index in [0.29, 0.717) is 22.7 Å². The highest BCUT2D eigenvalue weighted by atomic mass is 16.3. The molecule has 3 heterocycles. The Morgan fingerprint density at radius 1 is 1.09 bits per heavy atom. The number of hydrogen-bond acceptors (Lipinski definition) is 5. The fourth-order valence-corrected chi connectivity index (χ4v) is 2.20. The Balaban J connectivity index is 1.57. The first-order chi connectivity index (χ1) is 11.3. The Labute approximate surface area is 130 Å². The molecular formula is C17H11N3O3. The largest absolute Gasteiger partial charge is 0.459 e. The minimum absolute atomic E-state index is 0.264. The highest BCUT2D eigenvalue weighted by molar-refractivity contribution is 6.02. The quantitative estimate of drug-likeness (QED) is 0.623. The summed E-state index contributed by atoms with van der Waals surface area (Å²) >= 11 is 0. The molecule has 0 saturated carbocycles. The van der Waals surface area contributed by atoms with Crippen molar-refractivity contribution >= 4 is 22.7 Å². The van der Waals surface area contributed by atoms with Crippen LogP contribution in [0.25, 0.3) is 22.6 Å².